The third-order valence-corrected chi connectivity index (χ3v) is 5.49. The van der Waals surface area contributed by atoms with E-state index in [1.54, 1.807) is 24.3 Å². The summed E-state index contributed by atoms with van der Waals surface area (Å²) in [7, 11) is 1.51. The van der Waals surface area contributed by atoms with Gasteiger partial charge in [-0.05, 0) is 44.2 Å². The lowest BCUT2D eigenvalue weighted by Crippen LogP contribution is -2.09. The lowest BCUT2D eigenvalue weighted by Gasteiger charge is -2.16. The molecule has 0 aliphatic carbocycles. The van der Waals surface area contributed by atoms with Gasteiger partial charge in [0.05, 0.1) is 12.8 Å². The van der Waals surface area contributed by atoms with Gasteiger partial charge >= 0.3 is 6.18 Å². The number of ether oxygens (including phenoxy) is 3. The van der Waals surface area contributed by atoms with Crippen molar-refractivity contribution in [1.29, 1.82) is 0 Å². The van der Waals surface area contributed by atoms with Crippen molar-refractivity contribution in [3.63, 3.8) is 0 Å². The summed E-state index contributed by atoms with van der Waals surface area (Å²) in [6, 6.07) is 10.2. The molecule has 11 heteroatoms. The second-order valence-corrected chi connectivity index (χ2v) is 7.98. The Labute approximate surface area is 210 Å². The highest BCUT2D eigenvalue weighted by atomic mass is 19.4. The van der Waals surface area contributed by atoms with E-state index < -0.39 is 17.8 Å². The molecule has 37 heavy (non-hydrogen) atoms. The third kappa shape index (κ3) is 6.05. The molecular formula is C26H24F4N4O3. The molecule has 0 radical (unpaired) electrons. The van der Waals surface area contributed by atoms with Gasteiger partial charge < -0.3 is 18.8 Å². The van der Waals surface area contributed by atoms with Gasteiger partial charge in [0.25, 0.3) is 0 Å². The third-order valence-electron chi connectivity index (χ3n) is 5.49. The van der Waals surface area contributed by atoms with Crippen molar-refractivity contribution in [2.45, 2.75) is 32.9 Å². The Hall–Kier alpha value is -3.99. The first-order chi connectivity index (χ1) is 17.7. The van der Waals surface area contributed by atoms with E-state index in [-0.39, 0.29) is 12.8 Å². The first kappa shape index (κ1) is 26.1. The highest BCUT2D eigenvalue weighted by molar-refractivity contribution is 5.71. The van der Waals surface area contributed by atoms with Crippen molar-refractivity contribution < 1.29 is 31.8 Å². The lowest BCUT2D eigenvalue weighted by molar-refractivity contribution is -0.141. The van der Waals surface area contributed by atoms with Crippen molar-refractivity contribution in [3.05, 3.63) is 78.3 Å². The van der Waals surface area contributed by atoms with Crippen molar-refractivity contribution in [3.8, 4) is 34.1 Å². The summed E-state index contributed by atoms with van der Waals surface area (Å²) in [5, 5.41) is 0. The first-order valence-electron chi connectivity index (χ1n) is 11.3. The number of nitrogens with zero attached hydrogens (tertiary/aromatic N) is 4. The van der Waals surface area contributed by atoms with Gasteiger partial charge in [0.2, 0.25) is 5.95 Å². The van der Waals surface area contributed by atoms with Crippen LogP contribution in [0.2, 0.25) is 0 Å². The van der Waals surface area contributed by atoms with Crippen LogP contribution in [0.3, 0.4) is 0 Å². The Morgan fingerprint density at radius 2 is 1.84 bits per heavy atom. The molecule has 1 atom stereocenters. The highest BCUT2D eigenvalue weighted by Crippen LogP contribution is 2.36. The molecule has 0 bridgehead atoms. The zero-order chi connectivity index (χ0) is 26.6. The number of rotatable bonds is 9. The quantitative estimate of drug-likeness (QED) is 0.192. The molecule has 4 rings (SSSR count). The molecule has 0 aliphatic rings. The molecule has 1 aromatic carbocycles. The second kappa shape index (κ2) is 11.0. The van der Waals surface area contributed by atoms with E-state index in [0.717, 1.165) is 12.3 Å². The Bertz CT molecular complexity index is 1340. The van der Waals surface area contributed by atoms with E-state index in [1.165, 1.54) is 25.4 Å². The molecule has 194 valence electrons. The van der Waals surface area contributed by atoms with E-state index in [2.05, 4.69) is 9.97 Å². The van der Waals surface area contributed by atoms with Crippen LogP contribution in [-0.4, -0.2) is 33.2 Å². The smallest absolute Gasteiger partial charge is 0.433 e. The van der Waals surface area contributed by atoms with Crippen molar-refractivity contribution in [2.75, 3.05) is 13.7 Å². The summed E-state index contributed by atoms with van der Waals surface area (Å²) < 4.78 is 70.4. The zero-order valence-electron chi connectivity index (χ0n) is 20.3. The molecule has 0 aliphatic heterocycles. The second-order valence-electron chi connectivity index (χ2n) is 7.98. The van der Waals surface area contributed by atoms with E-state index in [9.17, 15) is 17.6 Å². The topological polar surface area (TPSA) is 71.3 Å². The fourth-order valence-corrected chi connectivity index (χ4v) is 3.66. The Morgan fingerprint density at radius 3 is 2.46 bits per heavy atom. The molecule has 4 aromatic rings. The fourth-order valence-electron chi connectivity index (χ4n) is 3.66. The minimum atomic E-state index is -4.50. The maximum atomic E-state index is 13.4. The van der Waals surface area contributed by atoms with Gasteiger partial charge in [0.15, 0.2) is 0 Å². The maximum Gasteiger partial charge on any atom is 0.433 e. The van der Waals surface area contributed by atoms with E-state index in [0.29, 0.717) is 46.3 Å². The summed E-state index contributed by atoms with van der Waals surface area (Å²) in [6.07, 6.45) is -0.501. The standard InChI is InChI=1S/C26H24F4N4O3/c1-4-36-16(2)34-14-21(33-25(34)18-6-10-24(27)32-13-18)20-8-7-19(11-22(20)35-3)37-15-17-5-9-23(31-12-17)26(28,29)30/h5-14,16H,4,15H2,1-3H3. The van der Waals surface area contributed by atoms with Crippen LogP contribution < -0.4 is 9.47 Å². The number of hydrogen-bond donors (Lipinski definition) is 0. The minimum absolute atomic E-state index is 0.0237. The molecule has 0 N–H and O–H groups in total. The summed E-state index contributed by atoms with van der Waals surface area (Å²) in [5.74, 6) is 0.871. The summed E-state index contributed by atoms with van der Waals surface area (Å²) in [6.45, 7) is 4.27. The number of imidazole rings is 1. The van der Waals surface area contributed by atoms with E-state index >= 15 is 0 Å². The Morgan fingerprint density at radius 1 is 1.03 bits per heavy atom. The molecule has 0 amide bonds. The molecule has 0 spiro atoms. The van der Waals surface area contributed by atoms with Crippen molar-refractivity contribution in [2.24, 2.45) is 0 Å². The van der Waals surface area contributed by atoms with E-state index in [4.69, 9.17) is 19.2 Å². The molecular weight excluding hydrogens is 492 g/mol. The van der Waals surface area contributed by atoms with Crippen LogP contribution in [0, 0.1) is 5.95 Å². The molecule has 7 nitrogen and oxygen atoms in total. The first-order valence-corrected chi connectivity index (χ1v) is 11.3. The SMILES string of the molecule is CCOC(C)n1cc(-c2ccc(OCc3ccc(C(F)(F)F)nc3)cc2OC)nc1-c1ccc(F)nc1. The normalized spacial score (nSPS) is 12.4. The van der Waals surface area contributed by atoms with Gasteiger partial charge in [-0.2, -0.15) is 17.6 Å². The van der Waals surface area contributed by atoms with Gasteiger partial charge in [-0.15, -0.1) is 0 Å². The number of halogens is 4. The van der Waals surface area contributed by atoms with Crippen LogP contribution in [0.15, 0.2) is 61.1 Å². The van der Waals surface area contributed by atoms with Crippen LogP contribution in [0.1, 0.15) is 31.3 Å². The molecule has 1 unspecified atom stereocenters. The van der Waals surface area contributed by atoms with Gasteiger partial charge in [-0.25, -0.2) is 9.97 Å². The number of hydrogen-bond acceptors (Lipinski definition) is 6. The van der Waals surface area contributed by atoms with Crippen LogP contribution in [0.4, 0.5) is 17.6 Å². The molecule has 0 fully saturated rings. The highest BCUT2D eigenvalue weighted by Gasteiger charge is 2.32. The fraction of sp³-hybridized carbons (Fsp3) is 0.269. The van der Waals surface area contributed by atoms with E-state index in [1.807, 2.05) is 24.6 Å². The number of benzene rings is 1. The summed E-state index contributed by atoms with van der Waals surface area (Å²) in [4.78, 5) is 11.9. The van der Waals surface area contributed by atoms with Crippen LogP contribution in [0.5, 0.6) is 11.5 Å². The molecule has 0 saturated carbocycles. The lowest BCUT2D eigenvalue weighted by atomic mass is 10.1. The van der Waals surface area contributed by atoms with Gasteiger partial charge in [-0.1, -0.05) is 6.07 Å². The Kier molecular flexibility index (Phi) is 7.72. The Balaban J connectivity index is 1.60. The van der Waals surface area contributed by atoms with Crippen LogP contribution in [0.25, 0.3) is 22.6 Å². The number of methoxy groups -OCH3 is 1. The zero-order valence-corrected chi connectivity index (χ0v) is 20.3. The predicted molar refractivity (Wildman–Crippen MR) is 127 cm³/mol. The van der Waals surface area contributed by atoms with Crippen LogP contribution in [-0.2, 0) is 17.5 Å². The maximum absolute atomic E-state index is 13.4. The van der Waals surface area contributed by atoms with Crippen molar-refractivity contribution >= 4 is 0 Å². The summed E-state index contributed by atoms with van der Waals surface area (Å²) >= 11 is 0. The molecule has 3 heterocycles. The van der Waals surface area contributed by atoms with Gasteiger partial charge in [-0.3, -0.25) is 4.98 Å². The molecule has 0 saturated heterocycles. The van der Waals surface area contributed by atoms with Gasteiger partial charge in [0, 0.05) is 48.0 Å². The number of aromatic nitrogens is 4. The minimum Gasteiger partial charge on any atom is -0.496 e. The van der Waals surface area contributed by atoms with Crippen molar-refractivity contribution in [1.82, 2.24) is 19.5 Å². The largest absolute Gasteiger partial charge is 0.496 e. The van der Waals surface area contributed by atoms with Gasteiger partial charge in [0.1, 0.15) is 35.9 Å². The predicted octanol–water partition coefficient (Wildman–Crippen LogP) is 6.31. The summed E-state index contributed by atoms with van der Waals surface area (Å²) in [5.41, 5.74) is 1.39. The number of pyridine rings is 2. The molecule has 3 aromatic heterocycles. The monoisotopic (exact) mass is 516 g/mol. The average Bonchev–Trinajstić information content (AvgIpc) is 3.33. The van der Waals surface area contributed by atoms with Crippen LogP contribution >= 0.6 is 0 Å². The average molecular weight is 516 g/mol. The number of alkyl halides is 3.